The Balaban J connectivity index is 1.54. The number of rotatable bonds is 1. The van der Waals surface area contributed by atoms with Crippen LogP contribution in [0, 0.1) is 11.6 Å². The first-order valence-corrected chi connectivity index (χ1v) is 8.88. The summed E-state index contributed by atoms with van der Waals surface area (Å²) in [5.74, 6) is 0.655. The zero-order chi connectivity index (χ0) is 18.8. The summed E-state index contributed by atoms with van der Waals surface area (Å²) in [6.07, 6.45) is 0. The van der Waals surface area contributed by atoms with Gasteiger partial charge in [0.05, 0.1) is 0 Å². The predicted octanol–water partition coefficient (Wildman–Crippen LogP) is 7.43. The molecule has 134 valence electrons. The third kappa shape index (κ3) is 2.31. The lowest BCUT2D eigenvalue weighted by Crippen LogP contribution is -1.75. The van der Waals surface area contributed by atoms with Crippen LogP contribution >= 0.6 is 0 Å². The van der Waals surface area contributed by atoms with E-state index in [0.29, 0.717) is 22.7 Å². The molecule has 0 bridgehead atoms. The normalized spacial score (nSPS) is 11.9. The van der Waals surface area contributed by atoms with Crippen LogP contribution < -0.4 is 0 Å². The molecular formula is C24H12F2O2. The highest BCUT2D eigenvalue weighted by Gasteiger charge is 2.13. The third-order valence-electron chi connectivity index (χ3n) is 5.12. The highest BCUT2D eigenvalue weighted by Crippen LogP contribution is 2.35. The maximum atomic E-state index is 13.5. The second-order valence-electron chi connectivity index (χ2n) is 6.98. The van der Waals surface area contributed by atoms with Gasteiger partial charge >= 0.3 is 0 Å². The van der Waals surface area contributed by atoms with Crippen molar-refractivity contribution in [1.82, 2.24) is 0 Å². The molecule has 0 aliphatic carbocycles. The van der Waals surface area contributed by atoms with Crippen LogP contribution in [0.2, 0.25) is 0 Å². The van der Waals surface area contributed by atoms with Crippen molar-refractivity contribution in [3.8, 4) is 11.5 Å². The fourth-order valence-electron chi connectivity index (χ4n) is 3.75. The Hall–Kier alpha value is -3.66. The van der Waals surface area contributed by atoms with E-state index in [2.05, 4.69) is 0 Å². The van der Waals surface area contributed by atoms with E-state index in [4.69, 9.17) is 8.83 Å². The summed E-state index contributed by atoms with van der Waals surface area (Å²) in [5.41, 5.74) is 1.42. The minimum absolute atomic E-state index is 0.267. The van der Waals surface area contributed by atoms with Crippen LogP contribution in [0.3, 0.4) is 0 Å². The van der Waals surface area contributed by atoms with E-state index in [1.165, 1.54) is 24.3 Å². The van der Waals surface area contributed by atoms with Crippen molar-refractivity contribution in [2.24, 2.45) is 0 Å². The van der Waals surface area contributed by atoms with Crippen LogP contribution in [0.15, 0.2) is 81.6 Å². The van der Waals surface area contributed by atoms with E-state index in [1.807, 2.05) is 36.4 Å². The van der Waals surface area contributed by atoms with E-state index in [0.717, 1.165) is 32.3 Å². The Morgan fingerprint density at radius 2 is 0.893 bits per heavy atom. The molecule has 6 aromatic rings. The maximum Gasteiger partial charge on any atom is 0.170 e. The molecule has 0 radical (unpaired) electrons. The first-order valence-electron chi connectivity index (χ1n) is 8.88. The van der Waals surface area contributed by atoms with E-state index >= 15 is 0 Å². The molecule has 2 nitrogen and oxygen atoms in total. The number of halogens is 2. The Morgan fingerprint density at radius 3 is 1.36 bits per heavy atom. The van der Waals surface area contributed by atoms with E-state index in [-0.39, 0.29) is 11.6 Å². The Labute approximate surface area is 157 Å². The first-order chi connectivity index (χ1) is 13.6. The molecule has 4 heteroatoms. The van der Waals surface area contributed by atoms with Crippen molar-refractivity contribution in [2.75, 3.05) is 0 Å². The molecule has 4 aromatic carbocycles. The number of furan rings is 2. The molecule has 28 heavy (non-hydrogen) atoms. The Morgan fingerprint density at radius 1 is 0.429 bits per heavy atom. The molecule has 6 rings (SSSR count). The fraction of sp³-hybridized carbons (Fsp3) is 0. The molecule has 0 amide bonds. The van der Waals surface area contributed by atoms with Crippen LogP contribution in [0.25, 0.3) is 55.0 Å². The van der Waals surface area contributed by atoms with Crippen LogP contribution in [-0.2, 0) is 0 Å². The molecule has 0 fully saturated rings. The molecule has 2 heterocycles. The zero-order valence-electron chi connectivity index (χ0n) is 14.5. The lowest BCUT2D eigenvalue weighted by atomic mass is 10.1. The minimum Gasteiger partial charge on any atom is -0.453 e. The fourth-order valence-corrected chi connectivity index (χ4v) is 3.75. The topological polar surface area (TPSA) is 26.3 Å². The maximum absolute atomic E-state index is 13.5. The van der Waals surface area contributed by atoms with Crippen molar-refractivity contribution >= 4 is 43.5 Å². The van der Waals surface area contributed by atoms with Gasteiger partial charge in [0.15, 0.2) is 11.5 Å². The summed E-state index contributed by atoms with van der Waals surface area (Å²) in [7, 11) is 0. The Kier molecular flexibility index (Phi) is 2.98. The first kappa shape index (κ1) is 15.4. The highest BCUT2D eigenvalue weighted by molar-refractivity contribution is 5.99. The van der Waals surface area contributed by atoms with E-state index < -0.39 is 0 Å². The molecule has 0 saturated carbocycles. The standard InChI is InChI=1S/C24H12F2O2/c25-19-3-1-13-9-21-17(5-15(13)7-19)11-23(27-21)24-12-18-6-16-8-20(26)4-2-14(16)10-22(18)28-24/h1-12H. The summed E-state index contributed by atoms with van der Waals surface area (Å²) < 4.78 is 39.0. The lowest BCUT2D eigenvalue weighted by Gasteiger charge is -1.97. The summed E-state index contributed by atoms with van der Waals surface area (Å²) in [6, 6.07) is 20.7. The number of fused-ring (bicyclic) bond motifs is 4. The molecular weight excluding hydrogens is 358 g/mol. The molecule has 2 aromatic heterocycles. The monoisotopic (exact) mass is 370 g/mol. The summed E-state index contributed by atoms with van der Waals surface area (Å²) in [6.45, 7) is 0. The average Bonchev–Trinajstić information content (AvgIpc) is 3.27. The van der Waals surface area contributed by atoms with Crippen molar-refractivity contribution in [3.63, 3.8) is 0 Å². The van der Waals surface area contributed by atoms with Crippen molar-refractivity contribution in [2.45, 2.75) is 0 Å². The molecule has 0 spiro atoms. The third-order valence-corrected chi connectivity index (χ3v) is 5.12. The molecule has 0 aliphatic rings. The van der Waals surface area contributed by atoms with Crippen LogP contribution in [0.4, 0.5) is 8.78 Å². The smallest absolute Gasteiger partial charge is 0.170 e. The number of hydrogen-bond donors (Lipinski definition) is 0. The van der Waals surface area contributed by atoms with Crippen LogP contribution in [0.5, 0.6) is 0 Å². The van der Waals surface area contributed by atoms with E-state index in [9.17, 15) is 8.78 Å². The predicted molar refractivity (Wildman–Crippen MR) is 106 cm³/mol. The summed E-state index contributed by atoms with van der Waals surface area (Å²) >= 11 is 0. The summed E-state index contributed by atoms with van der Waals surface area (Å²) in [5, 5.41) is 5.21. The molecule has 0 saturated heterocycles. The Bertz CT molecular complexity index is 1420. The minimum atomic E-state index is -0.267. The van der Waals surface area contributed by atoms with Gasteiger partial charge in [0.25, 0.3) is 0 Å². The van der Waals surface area contributed by atoms with Crippen molar-refractivity contribution in [1.29, 1.82) is 0 Å². The van der Waals surface area contributed by atoms with Crippen molar-refractivity contribution in [3.05, 3.63) is 84.4 Å². The second kappa shape index (κ2) is 5.42. The largest absolute Gasteiger partial charge is 0.453 e. The molecule has 0 aliphatic heterocycles. The number of benzene rings is 4. The average molecular weight is 370 g/mol. The van der Waals surface area contributed by atoms with Crippen LogP contribution in [-0.4, -0.2) is 0 Å². The summed E-state index contributed by atoms with van der Waals surface area (Å²) in [4.78, 5) is 0. The quantitative estimate of drug-likeness (QED) is 0.301. The van der Waals surface area contributed by atoms with Gasteiger partial charge in [0.1, 0.15) is 22.8 Å². The van der Waals surface area contributed by atoms with Crippen LogP contribution in [0.1, 0.15) is 0 Å². The van der Waals surface area contributed by atoms with Gasteiger partial charge < -0.3 is 8.83 Å². The van der Waals surface area contributed by atoms with Gasteiger partial charge in [-0.25, -0.2) is 8.78 Å². The molecule has 0 unspecified atom stereocenters. The highest BCUT2D eigenvalue weighted by atomic mass is 19.1. The van der Waals surface area contributed by atoms with Gasteiger partial charge in [0.2, 0.25) is 0 Å². The van der Waals surface area contributed by atoms with Crippen molar-refractivity contribution < 1.29 is 17.6 Å². The molecule has 0 atom stereocenters. The van der Waals surface area contributed by atoms with Gasteiger partial charge in [-0.2, -0.15) is 0 Å². The zero-order valence-corrected chi connectivity index (χ0v) is 14.5. The van der Waals surface area contributed by atoms with Gasteiger partial charge in [-0.3, -0.25) is 0 Å². The van der Waals surface area contributed by atoms with Gasteiger partial charge in [-0.15, -0.1) is 0 Å². The SMILES string of the molecule is Fc1ccc2cc3oc(-c4cc5cc6cc(F)ccc6cc5o4)cc3cc2c1. The second-order valence-corrected chi connectivity index (χ2v) is 6.98. The van der Waals surface area contributed by atoms with E-state index in [1.54, 1.807) is 12.1 Å². The van der Waals surface area contributed by atoms with Gasteiger partial charge in [0, 0.05) is 10.8 Å². The van der Waals surface area contributed by atoms with Gasteiger partial charge in [-0.05, 0) is 82.2 Å². The lowest BCUT2D eigenvalue weighted by molar-refractivity contribution is 0.569. The van der Waals surface area contributed by atoms with Gasteiger partial charge in [-0.1, -0.05) is 12.1 Å². The number of hydrogen-bond acceptors (Lipinski definition) is 2. The molecule has 0 N–H and O–H groups in total.